The summed E-state index contributed by atoms with van der Waals surface area (Å²) in [7, 11) is 0. The van der Waals surface area contributed by atoms with E-state index in [1.165, 1.54) is 77.0 Å². The average Bonchev–Trinajstić information content (AvgIpc) is 3.37. The topological polar surface area (TPSA) is 231 Å². The second-order valence-corrected chi connectivity index (χ2v) is 19.0. The Hall–Kier alpha value is -3.06. The van der Waals surface area contributed by atoms with Crippen molar-refractivity contribution in [2.45, 2.75) is 248 Å². The highest BCUT2D eigenvalue weighted by Gasteiger charge is 2.47. The molecule has 2 fully saturated rings. The van der Waals surface area contributed by atoms with Gasteiger partial charge in [0.25, 0.3) is 0 Å². The van der Waals surface area contributed by atoms with Crippen molar-refractivity contribution in [3.05, 3.63) is 72.9 Å². The third-order valence-corrected chi connectivity index (χ3v) is 12.7. The minimum Gasteiger partial charge on any atom is -0.462 e. The highest BCUT2D eigenvalue weighted by atomic mass is 16.7. The molecule has 72 heavy (non-hydrogen) atoms. The van der Waals surface area contributed by atoms with Crippen molar-refractivity contribution >= 4 is 11.9 Å². The van der Waals surface area contributed by atoms with E-state index in [0.29, 0.717) is 19.3 Å². The Morgan fingerprint density at radius 3 is 1.43 bits per heavy atom. The van der Waals surface area contributed by atoms with E-state index in [-0.39, 0.29) is 19.4 Å². The van der Waals surface area contributed by atoms with Crippen LogP contribution in [0.1, 0.15) is 181 Å². The Labute approximate surface area is 432 Å². The van der Waals surface area contributed by atoms with Crippen LogP contribution in [0, 0.1) is 0 Å². The van der Waals surface area contributed by atoms with Crippen molar-refractivity contribution in [2.24, 2.45) is 0 Å². The highest BCUT2D eigenvalue weighted by Crippen LogP contribution is 2.26. The first-order valence-corrected chi connectivity index (χ1v) is 27.5. The van der Waals surface area contributed by atoms with E-state index in [2.05, 4.69) is 74.6 Å². The normalized spacial score (nSPS) is 25.6. The number of rotatable bonds is 42. The number of aliphatic hydroxyl groups is 7. The van der Waals surface area contributed by atoms with Crippen molar-refractivity contribution in [3.8, 4) is 0 Å². The number of carbonyl (C=O) groups excluding carboxylic acids is 2. The minimum absolute atomic E-state index is 0.0836. The molecular formula is C57H96O15. The summed E-state index contributed by atoms with van der Waals surface area (Å²) in [4.78, 5) is 25.8. The number of hydrogen-bond acceptors (Lipinski definition) is 15. The number of aliphatic hydroxyl groups excluding tert-OH is 7. The molecule has 2 heterocycles. The standard InChI is InChI=1S/C57H96O15/c1-3-5-7-9-11-13-15-17-19-21-22-24-25-27-29-31-33-35-37-39-48(59)67-42-45(70-49(60)40-38-36-34-32-30-28-26-23-20-18-16-14-12-10-8-6-4-2)43-68-56-55(66)53(64)51(62)47(72-56)44-69-57-54(65)52(63)50(61)46(41-58)71-57/h6,8,12,14,17-20,26,28,32,34,45-47,50-58,61-66H,3-5,7,9-11,13,15-16,21-25,27,29-31,33,35-44H2,1-2H3/b8-6-,14-12-,19-17-,20-18-,28-26-,34-32-. The van der Waals surface area contributed by atoms with E-state index in [1.807, 2.05) is 12.2 Å². The summed E-state index contributed by atoms with van der Waals surface area (Å²) in [6, 6.07) is 0. The number of carbonyl (C=O) groups is 2. The number of hydrogen-bond donors (Lipinski definition) is 7. The van der Waals surface area contributed by atoms with E-state index >= 15 is 0 Å². The van der Waals surface area contributed by atoms with Crippen molar-refractivity contribution in [3.63, 3.8) is 0 Å². The van der Waals surface area contributed by atoms with Gasteiger partial charge in [0.2, 0.25) is 0 Å². The number of ether oxygens (including phenoxy) is 6. The fraction of sp³-hybridized carbons (Fsp3) is 0.754. The maximum atomic E-state index is 13.0. The van der Waals surface area contributed by atoms with Crippen molar-refractivity contribution in [2.75, 3.05) is 26.4 Å². The Kier molecular flexibility index (Phi) is 39.0. The lowest BCUT2D eigenvalue weighted by Gasteiger charge is -2.42. The van der Waals surface area contributed by atoms with Crippen LogP contribution >= 0.6 is 0 Å². The summed E-state index contributed by atoms with van der Waals surface area (Å²) >= 11 is 0. The van der Waals surface area contributed by atoms with Crippen LogP contribution in [0.2, 0.25) is 0 Å². The minimum atomic E-state index is -1.78. The molecule has 15 nitrogen and oxygen atoms in total. The fourth-order valence-corrected chi connectivity index (χ4v) is 8.19. The summed E-state index contributed by atoms with van der Waals surface area (Å²) in [6.07, 6.45) is 35.0. The van der Waals surface area contributed by atoms with Crippen LogP contribution in [-0.4, -0.2) is 142 Å². The molecule has 0 aliphatic carbocycles. The van der Waals surface area contributed by atoms with Crippen molar-refractivity contribution < 1.29 is 73.8 Å². The highest BCUT2D eigenvalue weighted by molar-refractivity contribution is 5.70. The van der Waals surface area contributed by atoms with Gasteiger partial charge in [0, 0.05) is 12.8 Å². The van der Waals surface area contributed by atoms with Crippen molar-refractivity contribution in [1.29, 1.82) is 0 Å². The summed E-state index contributed by atoms with van der Waals surface area (Å²) in [5.74, 6) is -0.998. The molecule has 0 spiro atoms. The van der Waals surface area contributed by atoms with E-state index in [9.17, 15) is 45.3 Å². The smallest absolute Gasteiger partial charge is 0.306 e. The molecule has 11 unspecified atom stereocenters. The molecule has 0 aromatic heterocycles. The van der Waals surface area contributed by atoms with Crippen LogP contribution in [0.15, 0.2) is 72.9 Å². The first-order chi connectivity index (χ1) is 35.0. The van der Waals surface area contributed by atoms with Crippen LogP contribution < -0.4 is 0 Å². The Balaban J connectivity index is 1.80. The zero-order valence-electron chi connectivity index (χ0n) is 43.9. The SMILES string of the molecule is CC/C=C\C/C=C\C/C=C\C/C=C\C/C=C\CCCC(=O)OC(COC(=O)CCCCCCCCCCC/C=C\CCCCCCCC)COC1OC(COC2OC(CO)C(O)C(O)C2O)C(O)C(O)C1O. The molecule has 0 radical (unpaired) electrons. The molecular weight excluding hydrogens is 925 g/mol. The van der Waals surface area contributed by atoms with Crippen LogP contribution in [0.25, 0.3) is 0 Å². The number of unbranched alkanes of at least 4 members (excludes halogenated alkanes) is 16. The van der Waals surface area contributed by atoms with Crippen LogP contribution in [0.4, 0.5) is 0 Å². The van der Waals surface area contributed by atoms with E-state index in [4.69, 9.17) is 28.4 Å². The lowest BCUT2D eigenvalue weighted by atomic mass is 9.98. The molecule has 2 aliphatic rings. The summed E-state index contributed by atoms with van der Waals surface area (Å²) in [6.45, 7) is 2.41. The summed E-state index contributed by atoms with van der Waals surface area (Å²) in [5.41, 5.74) is 0. The summed E-state index contributed by atoms with van der Waals surface area (Å²) in [5, 5.41) is 72.2. The predicted molar refractivity (Wildman–Crippen MR) is 279 cm³/mol. The Bertz CT molecular complexity index is 1530. The van der Waals surface area contributed by atoms with Gasteiger partial charge in [-0.05, 0) is 77.0 Å². The predicted octanol–water partition coefficient (Wildman–Crippen LogP) is 8.60. The quantitative estimate of drug-likeness (QED) is 0.0172. The molecule has 0 amide bonds. The third-order valence-electron chi connectivity index (χ3n) is 12.7. The van der Waals surface area contributed by atoms with E-state index in [1.54, 1.807) is 0 Å². The zero-order chi connectivity index (χ0) is 52.4. The first kappa shape index (κ1) is 65.1. The lowest BCUT2D eigenvalue weighted by molar-refractivity contribution is -0.332. The van der Waals surface area contributed by atoms with Gasteiger partial charge in [-0.2, -0.15) is 0 Å². The fourth-order valence-electron chi connectivity index (χ4n) is 8.19. The van der Waals surface area contributed by atoms with Gasteiger partial charge in [-0.15, -0.1) is 0 Å². The third kappa shape index (κ3) is 30.3. The molecule has 0 aromatic carbocycles. The zero-order valence-corrected chi connectivity index (χ0v) is 43.9. The molecule has 0 bridgehead atoms. The van der Waals surface area contributed by atoms with Gasteiger partial charge in [-0.1, -0.05) is 164 Å². The number of esters is 2. The molecule has 0 saturated carbocycles. The van der Waals surface area contributed by atoms with Gasteiger partial charge >= 0.3 is 11.9 Å². The first-order valence-electron chi connectivity index (χ1n) is 27.5. The molecule has 15 heteroatoms. The lowest BCUT2D eigenvalue weighted by Crippen LogP contribution is -2.61. The maximum Gasteiger partial charge on any atom is 0.306 e. The van der Waals surface area contributed by atoms with Crippen LogP contribution in [0.3, 0.4) is 0 Å². The monoisotopic (exact) mass is 1020 g/mol. The van der Waals surface area contributed by atoms with E-state index in [0.717, 1.165) is 57.8 Å². The van der Waals surface area contributed by atoms with Gasteiger partial charge in [0.1, 0.15) is 55.4 Å². The maximum absolute atomic E-state index is 13.0. The summed E-state index contributed by atoms with van der Waals surface area (Å²) < 4.78 is 33.6. The van der Waals surface area contributed by atoms with Crippen LogP contribution in [-0.2, 0) is 38.0 Å². The Morgan fingerprint density at radius 2 is 0.889 bits per heavy atom. The molecule has 2 aliphatic heterocycles. The molecule has 414 valence electrons. The average molecular weight is 1020 g/mol. The van der Waals surface area contributed by atoms with Gasteiger partial charge in [0.15, 0.2) is 18.7 Å². The number of allylic oxidation sites excluding steroid dienone is 12. The molecule has 2 rings (SSSR count). The van der Waals surface area contributed by atoms with Gasteiger partial charge in [-0.25, -0.2) is 0 Å². The molecule has 2 saturated heterocycles. The second kappa shape index (κ2) is 43.2. The van der Waals surface area contributed by atoms with Crippen molar-refractivity contribution in [1.82, 2.24) is 0 Å². The molecule has 11 atom stereocenters. The molecule has 7 N–H and O–H groups in total. The second-order valence-electron chi connectivity index (χ2n) is 19.0. The Morgan fingerprint density at radius 1 is 0.458 bits per heavy atom. The van der Waals surface area contributed by atoms with Crippen LogP contribution in [0.5, 0.6) is 0 Å². The van der Waals surface area contributed by atoms with Gasteiger partial charge < -0.3 is 64.2 Å². The van der Waals surface area contributed by atoms with Gasteiger partial charge in [0.05, 0.1) is 19.8 Å². The van der Waals surface area contributed by atoms with Gasteiger partial charge in [-0.3, -0.25) is 9.59 Å². The largest absolute Gasteiger partial charge is 0.462 e. The van der Waals surface area contributed by atoms with E-state index < -0.39 is 99.3 Å². The molecule has 0 aromatic rings.